The van der Waals surface area contributed by atoms with Crippen LogP contribution in [0, 0.1) is 5.41 Å². The fourth-order valence-corrected chi connectivity index (χ4v) is 4.83. The standard InChI is InChI=1S/C21H15Cl2N3O3S2/c1-28-17-8-12(2-5-16(17)29-11-13-3-4-14(22)10-15(13)23)9-18-19(27)26(20(24)31-18)21-25-6-7-30-21/h2-10,24H,11H2,1H3/b18-9-,24-20?. The second-order valence-electron chi connectivity index (χ2n) is 6.31. The van der Waals surface area contributed by atoms with Crippen LogP contribution in [0.25, 0.3) is 6.08 Å². The minimum absolute atomic E-state index is 0.123. The highest BCUT2D eigenvalue weighted by molar-refractivity contribution is 8.19. The average molecular weight is 492 g/mol. The molecule has 1 amide bonds. The number of aromatic nitrogens is 1. The number of amides is 1. The Morgan fingerprint density at radius 1 is 1.19 bits per heavy atom. The lowest BCUT2D eigenvalue weighted by molar-refractivity contribution is -0.113. The lowest BCUT2D eigenvalue weighted by Gasteiger charge is -2.12. The van der Waals surface area contributed by atoms with Crippen LogP contribution in [0.5, 0.6) is 11.5 Å². The molecule has 4 rings (SSSR count). The Hall–Kier alpha value is -2.52. The first-order chi connectivity index (χ1) is 15.0. The molecule has 1 aliphatic rings. The van der Waals surface area contributed by atoms with Gasteiger partial charge >= 0.3 is 0 Å². The maximum absolute atomic E-state index is 12.7. The third-order valence-electron chi connectivity index (χ3n) is 4.32. The predicted molar refractivity (Wildman–Crippen MR) is 127 cm³/mol. The quantitative estimate of drug-likeness (QED) is 0.422. The molecule has 0 radical (unpaired) electrons. The Balaban J connectivity index is 1.53. The molecule has 2 heterocycles. The number of nitrogens with one attached hydrogen (secondary N) is 1. The molecule has 1 fully saturated rings. The normalized spacial score (nSPS) is 15.1. The maximum Gasteiger partial charge on any atom is 0.273 e. The number of amidine groups is 1. The smallest absolute Gasteiger partial charge is 0.273 e. The molecular weight excluding hydrogens is 477 g/mol. The van der Waals surface area contributed by atoms with E-state index in [4.69, 9.17) is 38.1 Å². The third-order valence-corrected chi connectivity index (χ3v) is 6.55. The van der Waals surface area contributed by atoms with Crippen LogP contribution in [-0.4, -0.2) is 23.2 Å². The lowest BCUT2D eigenvalue weighted by Crippen LogP contribution is -2.27. The van der Waals surface area contributed by atoms with E-state index < -0.39 is 0 Å². The summed E-state index contributed by atoms with van der Waals surface area (Å²) in [6.07, 6.45) is 3.32. The first kappa shape index (κ1) is 21.7. The summed E-state index contributed by atoms with van der Waals surface area (Å²) in [7, 11) is 1.55. The molecule has 1 saturated heterocycles. The Morgan fingerprint density at radius 3 is 2.74 bits per heavy atom. The monoisotopic (exact) mass is 491 g/mol. The van der Waals surface area contributed by atoms with Crippen LogP contribution in [0.2, 0.25) is 10.0 Å². The Kier molecular flexibility index (Phi) is 6.52. The number of hydrogen-bond donors (Lipinski definition) is 1. The first-order valence-electron chi connectivity index (χ1n) is 8.93. The van der Waals surface area contributed by atoms with Crippen molar-refractivity contribution in [3.63, 3.8) is 0 Å². The summed E-state index contributed by atoms with van der Waals surface area (Å²) >= 11 is 14.5. The number of rotatable bonds is 6. The summed E-state index contributed by atoms with van der Waals surface area (Å²) in [5.41, 5.74) is 1.55. The van der Waals surface area contributed by atoms with Gasteiger partial charge in [-0.05, 0) is 47.7 Å². The lowest BCUT2D eigenvalue weighted by atomic mass is 10.1. The van der Waals surface area contributed by atoms with Gasteiger partial charge in [0.15, 0.2) is 21.8 Å². The molecule has 1 N–H and O–H groups in total. The SMILES string of the molecule is COc1cc(/C=C2\SC(=N)N(c3nccs3)C2=O)ccc1OCc1ccc(Cl)cc1Cl. The van der Waals surface area contributed by atoms with Crippen molar-refractivity contribution in [3.8, 4) is 11.5 Å². The van der Waals surface area contributed by atoms with E-state index in [2.05, 4.69) is 4.98 Å². The van der Waals surface area contributed by atoms with Gasteiger partial charge in [0.1, 0.15) is 6.61 Å². The van der Waals surface area contributed by atoms with Gasteiger partial charge in [0, 0.05) is 27.2 Å². The molecular formula is C21H15Cl2N3O3S2. The topological polar surface area (TPSA) is 75.5 Å². The van der Waals surface area contributed by atoms with Crippen molar-refractivity contribution in [1.29, 1.82) is 5.41 Å². The number of hydrogen-bond acceptors (Lipinski definition) is 7. The zero-order valence-corrected chi connectivity index (χ0v) is 19.2. The van der Waals surface area contributed by atoms with E-state index in [1.54, 1.807) is 49.0 Å². The molecule has 10 heteroatoms. The molecule has 0 atom stereocenters. The second-order valence-corrected chi connectivity index (χ2v) is 9.05. The summed E-state index contributed by atoms with van der Waals surface area (Å²) in [5.74, 6) is 0.779. The van der Waals surface area contributed by atoms with E-state index in [-0.39, 0.29) is 17.7 Å². The van der Waals surface area contributed by atoms with Gasteiger partial charge in [-0.15, -0.1) is 11.3 Å². The zero-order chi connectivity index (χ0) is 22.0. The second kappa shape index (κ2) is 9.32. The number of ether oxygens (including phenoxy) is 2. The molecule has 1 aromatic heterocycles. The highest BCUT2D eigenvalue weighted by Gasteiger charge is 2.35. The van der Waals surface area contributed by atoms with Crippen LogP contribution >= 0.6 is 46.3 Å². The molecule has 0 aliphatic carbocycles. The molecule has 0 unspecified atom stereocenters. The van der Waals surface area contributed by atoms with Crippen LogP contribution in [0.15, 0.2) is 52.9 Å². The molecule has 2 aromatic carbocycles. The van der Waals surface area contributed by atoms with Gasteiger partial charge in [-0.25, -0.2) is 9.88 Å². The van der Waals surface area contributed by atoms with Crippen molar-refractivity contribution in [1.82, 2.24) is 4.98 Å². The molecule has 0 bridgehead atoms. The Morgan fingerprint density at radius 2 is 2.03 bits per heavy atom. The Bertz CT molecular complexity index is 1180. The van der Waals surface area contributed by atoms with E-state index >= 15 is 0 Å². The number of nitrogens with zero attached hydrogens (tertiary/aromatic N) is 2. The molecule has 3 aromatic rings. The van der Waals surface area contributed by atoms with Gasteiger partial charge in [-0.1, -0.05) is 35.3 Å². The fourth-order valence-electron chi connectivity index (χ4n) is 2.83. The third kappa shape index (κ3) is 4.72. The van der Waals surface area contributed by atoms with Crippen LogP contribution in [0.3, 0.4) is 0 Å². The molecule has 0 spiro atoms. The number of carbonyl (C=O) groups excluding carboxylic acids is 1. The van der Waals surface area contributed by atoms with Gasteiger partial charge in [0.25, 0.3) is 5.91 Å². The van der Waals surface area contributed by atoms with Crippen molar-refractivity contribution in [2.75, 3.05) is 12.0 Å². The number of methoxy groups -OCH3 is 1. The molecule has 0 saturated carbocycles. The number of benzene rings is 2. The van der Waals surface area contributed by atoms with Crippen LogP contribution in [-0.2, 0) is 11.4 Å². The molecule has 1 aliphatic heterocycles. The van der Waals surface area contributed by atoms with Gasteiger partial charge in [-0.2, -0.15) is 0 Å². The summed E-state index contributed by atoms with van der Waals surface area (Å²) in [6, 6.07) is 10.6. The largest absolute Gasteiger partial charge is 0.493 e. The minimum Gasteiger partial charge on any atom is -0.493 e. The number of thioether (sulfide) groups is 1. The van der Waals surface area contributed by atoms with Crippen LogP contribution in [0.1, 0.15) is 11.1 Å². The van der Waals surface area contributed by atoms with E-state index in [1.807, 2.05) is 12.1 Å². The van der Waals surface area contributed by atoms with Crippen molar-refractivity contribution in [2.45, 2.75) is 6.61 Å². The van der Waals surface area contributed by atoms with Crippen molar-refractivity contribution in [2.24, 2.45) is 0 Å². The molecule has 6 nitrogen and oxygen atoms in total. The summed E-state index contributed by atoms with van der Waals surface area (Å²) in [5, 5.41) is 11.6. The summed E-state index contributed by atoms with van der Waals surface area (Å²) < 4.78 is 11.3. The Labute approximate surface area is 196 Å². The number of carbonyl (C=O) groups is 1. The van der Waals surface area contributed by atoms with Crippen LogP contribution in [0.4, 0.5) is 5.13 Å². The maximum atomic E-state index is 12.7. The van der Waals surface area contributed by atoms with Gasteiger partial charge in [0.05, 0.1) is 12.0 Å². The predicted octanol–water partition coefficient (Wildman–Crippen LogP) is 6.09. The fraction of sp³-hybridized carbons (Fsp3) is 0.0952. The average Bonchev–Trinajstić information content (AvgIpc) is 3.36. The molecule has 158 valence electrons. The summed E-state index contributed by atoms with van der Waals surface area (Å²) in [4.78, 5) is 18.6. The zero-order valence-electron chi connectivity index (χ0n) is 16.1. The van der Waals surface area contributed by atoms with E-state index in [1.165, 1.54) is 16.2 Å². The molecule has 31 heavy (non-hydrogen) atoms. The summed E-state index contributed by atoms with van der Waals surface area (Å²) in [6.45, 7) is 0.251. The minimum atomic E-state index is -0.276. The van der Waals surface area contributed by atoms with Crippen LogP contribution < -0.4 is 14.4 Å². The van der Waals surface area contributed by atoms with Gasteiger partial charge in [0.2, 0.25) is 0 Å². The van der Waals surface area contributed by atoms with Gasteiger partial charge < -0.3 is 9.47 Å². The van der Waals surface area contributed by atoms with E-state index in [0.717, 1.165) is 22.9 Å². The van der Waals surface area contributed by atoms with Crippen molar-refractivity contribution < 1.29 is 14.3 Å². The van der Waals surface area contributed by atoms with Gasteiger partial charge in [-0.3, -0.25) is 10.2 Å². The van der Waals surface area contributed by atoms with E-state index in [0.29, 0.717) is 31.6 Å². The number of halogens is 2. The highest BCUT2D eigenvalue weighted by atomic mass is 35.5. The number of anilines is 1. The van der Waals surface area contributed by atoms with Crippen molar-refractivity contribution >= 4 is 68.6 Å². The highest BCUT2D eigenvalue weighted by Crippen LogP contribution is 2.37. The van der Waals surface area contributed by atoms with E-state index in [9.17, 15) is 4.79 Å². The van der Waals surface area contributed by atoms with Crippen molar-refractivity contribution in [3.05, 3.63) is 74.1 Å². The first-order valence-corrected chi connectivity index (χ1v) is 11.4. The number of thiazole rings is 1.